The van der Waals surface area contributed by atoms with Crippen LogP contribution in [0.4, 0.5) is 0 Å². The van der Waals surface area contributed by atoms with Crippen LogP contribution in [0.15, 0.2) is 109 Å². The Morgan fingerprint density at radius 3 is 0.780 bits per heavy atom. The van der Waals surface area contributed by atoms with Gasteiger partial charge in [0, 0.05) is 19.3 Å². The number of hydrogen-bond donors (Lipinski definition) is 0. The van der Waals surface area contributed by atoms with Gasteiger partial charge >= 0.3 is 17.9 Å². The quantitative estimate of drug-likeness (QED) is 0.0261. The highest BCUT2D eigenvalue weighted by Gasteiger charge is 2.19. The predicted octanol–water partition coefficient (Wildman–Crippen LogP) is 24.2. The fourth-order valence-corrected chi connectivity index (χ4v) is 9.81. The van der Waals surface area contributed by atoms with Gasteiger partial charge in [-0.2, -0.15) is 0 Å². The molecule has 0 spiro atoms. The van der Waals surface area contributed by atoms with Crippen LogP contribution < -0.4 is 0 Å². The lowest BCUT2D eigenvalue weighted by atomic mass is 10.0. The molecule has 0 aromatic heterocycles. The van der Waals surface area contributed by atoms with Gasteiger partial charge < -0.3 is 14.2 Å². The van der Waals surface area contributed by atoms with Crippen molar-refractivity contribution >= 4 is 17.9 Å². The normalized spacial score (nSPS) is 12.8. The Morgan fingerprint density at radius 1 is 0.256 bits per heavy atom. The second-order valence-corrected chi connectivity index (χ2v) is 23.1. The Bertz CT molecular complexity index is 1640. The number of allylic oxidation sites excluding steroid dienone is 18. The van der Waals surface area contributed by atoms with Crippen LogP contribution in [-0.2, 0) is 28.6 Å². The van der Waals surface area contributed by atoms with Gasteiger partial charge in [-0.15, -0.1) is 0 Å². The summed E-state index contributed by atoms with van der Waals surface area (Å²) in [4.78, 5) is 38.4. The predicted molar refractivity (Wildman–Crippen MR) is 357 cm³/mol. The third-order valence-electron chi connectivity index (χ3n) is 15.0. The molecule has 0 aromatic carbocycles. The topological polar surface area (TPSA) is 78.9 Å². The summed E-state index contributed by atoms with van der Waals surface area (Å²) in [5.74, 6) is -0.926. The zero-order valence-electron chi connectivity index (χ0n) is 54.0. The van der Waals surface area contributed by atoms with Crippen molar-refractivity contribution in [1.82, 2.24) is 0 Å². The van der Waals surface area contributed by atoms with Crippen LogP contribution >= 0.6 is 0 Å². The number of carbonyl (C=O) groups is 3. The number of unbranched alkanes of at least 4 members (excludes halogenated alkanes) is 34. The zero-order valence-corrected chi connectivity index (χ0v) is 54.0. The van der Waals surface area contributed by atoms with Gasteiger partial charge in [-0.3, -0.25) is 14.4 Å². The van der Waals surface area contributed by atoms with Crippen molar-refractivity contribution in [2.75, 3.05) is 13.2 Å². The minimum absolute atomic E-state index is 0.0921. The Labute approximate surface area is 508 Å². The van der Waals surface area contributed by atoms with Crippen LogP contribution in [0.1, 0.15) is 335 Å². The first-order chi connectivity index (χ1) is 40.5. The largest absolute Gasteiger partial charge is 0.462 e. The summed E-state index contributed by atoms with van der Waals surface area (Å²) in [6.07, 6.45) is 95.3. The fraction of sp³-hybridized carbons (Fsp3) is 0.724. The molecule has 0 radical (unpaired) electrons. The molecule has 0 aliphatic rings. The monoisotopic (exact) mass is 1140 g/mol. The molecular formula is C76H130O6. The van der Waals surface area contributed by atoms with Gasteiger partial charge in [0.25, 0.3) is 0 Å². The average Bonchev–Trinajstić information content (AvgIpc) is 3.47. The first kappa shape index (κ1) is 78.1. The van der Waals surface area contributed by atoms with Gasteiger partial charge in [-0.1, -0.05) is 316 Å². The summed E-state index contributed by atoms with van der Waals surface area (Å²) in [6, 6.07) is 0. The first-order valence-electron chi connectivity index (χ1n) is 34.9. The second kappa shape index (κ2) is 69.6. The van der Waals surface area contributed by atoms with Crippen molar-refractivity contribution in [2.45, 2.75) is 341 Å². The van der Waals surface area contributed by atoms with Crippen molar-refractivity contribution in [3.8, 4) is 0 Å². The average molecular weight is 1140 g/mol. The summed E-state index contributed by atoms with van der Waals surface area (Å²) in [5.41, 5.74) is 0. The van der Waals surface area contributed by atoms with Gasteiger partial charge in [-0.05, 0) is 109 Å². The second-order valence-electron chi connectivity index (χ2n) is 23.1. The molecule has 0 heterocycles. The highest BCUT2D eigenvalue weighted by Crippen LogP contribution is 2.17. The van der Waals surface area contributed by atoms with Crippen LogP contribution in [0.25, 0.3) is 0 Å². The van der Waals surface area contributed by atoms with Crippen LogP contribution in [0.2, 0.25) is 0 Å². The number of hydrogen-bond acceptors (Lipinski definition) is 6. The summed E-state index contributed by atoms with van der Waals surface area (Å²) in [5, 5.41) is 0. The molecule has 6 nitrogen and oxygen atoms in total. The molecule has 0 rings (SSSR count). The highest BCUT2D eigenvalue weighted by molar-refractivity contribution is 5.71. The van der Waals surface area contributed by atoms with E-state index < -0.39 is 6.10 Å². The molecule has 6 heteroatoms. The van der Waals surface area contributed by atoms with E-state index in [2.05, 4.69) is 130 Å². The Kier molecular flexibility index (Phi) is 66.2. The molecule has 0 bridgehead atoms. The minimum atomic E-state index is -0.800. The highest BCUT2D eigenvalue weighted by atomic mass is 16.6. The summed E-state index contributed by atoms with van der Waals surface area (Å²) >= 11 is 0. The fourth-order valence-electron chi connectivity index (χ4n) is 9.81. The molecule has 0 saturated heterocycles. The van der Waals surface area contributed by atoms with E-state index in [1.165, 1.54) is 186 Å². The van der Waals surface area contributed by atoms with Crippen LogP contribution in [-0.4, -0.2) is 37.2 Å². The van der Waals surface area contributed by atoms with E-state index in [1.807, 2.05) is 0 Å². The van der Waals surface area contributed by atoms with Crippen LogP contribution in [0.3, 0.4) is 0 Å². The maximum atomic E-state index is 13.0. The molecule has 0 saturated carbocycles. The lowest BCUT2D eigenvalue weighted by Gasteiger charge is -2.18. The third kappa shape index (κ3) is 66.9. The molecule has 0 aliphatic carbocycles. The Hall–Kier alpha value is -3.93. The lowest BCUT2D eigenvalue weighted by molar-refractivity contribution is -0.167. The molecular weight excluding hydrogens is 1010 g/mol. The van der Waals surface area contributed by atoms with Crippen molar-refractivity contribution < 1.29 is 28.6 Å². The van der Waals surface area contributed by atoms with E-state index in [-0.39, 0.29) is 31.1 Å². The van der Waals surface area contributed by atoms with Gasteiger partial charge in [-0.25, -0.2) is 0 Å². The van der Waals surface area contributed by atoms with Gasteiger partial charge in [0.05, 0.1) is 0 Å². The molecule has 0 amide bonds. The molecule has 0 N–H and O–H groups in total. The third-order valence-corrected chi connectivity index (χ3v) is 15.0. The molecule has 1 atom stereocenters. The Morgan fingerprint density at radius 2 is 0.476 bits per heavy atom. The Balaban J connectivity index is 4.44. The number of carbonyl (C=O) groups excluding carboxylic acids is 3. The summed E-state index contributed by atoms with van der Waals surface area (Å²) in [7, 11) is 0. The minimum Gasteiger partial charge on any atom is -0.462 e. The zero-order chi connectivity index (χ0) is 59.2. The van der Waals surface area contributed by atoms with E-state index in [4.69, 9.17) is 14.2 Å². The van der Waals surface area contributed by atoms with Gasteiger partial charge in [0.2, 0.25) is 0 Å². The first-order valence-corrected chi connectivity index (χ1v) is 34.9. The SMILES string of the molecule is CC/C=C\C/C=C\C/C=C\C/C=C\C/C=C\C/C=C\C/C=C\C/C=C\CCCCC(=O)OCC(COC(=O)CCCCCCCCC/C=C\CCCCCCCC)OC(=O)CCCCCCCCCCCCCCCCCCCCCC. The van der Waals surface area contributed by atoms with E-state index in [0.717, 1.165) is 109 Å². The van der Waals surface area contributed by atoms with E-state index in [0.29, 0.717) is 19.3 Å². The van der Waals surface area contributed by atoms with Crippen LogP contribution in [0, 0.1) is 0 Å². The molecule has 470 valence electrons. The molecule has 0 aromatic rings. The van der Waals surface area contributed by atoms with Crippen LogP contribution in [0.5, 0.6) is 0 Å². The summed E-state index contributed by atoms with van der Waals surface area (Å²) in [6.45, 7) is 6.53. The molecule has 82 heavy (non-hydrogen) atoms. The van der Waals surface area contributed by atoms with Crippen molar-refractivity contribution in [3.05, 3.63) is 109 Å². The van der Waals surface area contributed by atoms with Gasteiger partial charge in [0.15, 0.2) is 6.10 Å². The lowest BCUT2D eigenvalue weighted by Crippen LogP contribution is -2.30. The van der Waals surface area contributed by atoms with E-state index in [1.54, 1.807) is 0 Å². The molecule has 0 fully saturated rings. The van der Waals surface area contributed by atoms with Crippen molar-refractivity contribution in [1.29, 1.82) is 0 Å². The maximum absolute atomic E-state index is 13.0. The van der Waals surface area contributed by atoms with E-state index >= 15 is 0 Å². The molecule has 0 aliphatic heterocycles. The smallest absolute Gasteiger partial charge is 0.306 e. The van der Waals surface area contributed by atoms with Crippen molar-refractivity contribution in [2.24, 2.45) is 0 Å². The number of rotatable bonds is 63. The summed E-state index contributed by atoms with van der Waals surface area (Å²) < 4.78 is 17.0. The maximum Gasteiger partial charge on any atom is 0.306 e. The van der Waals surface area contributed by atoms with E-state index in [9.17, 15) is 14.4 Å². The number of ether oxygens (including phenoxy) is 3. The van der Waals surface area contributed by atoms with Crippen molar-refractivity contribution in [3.63, 3.8) is 0 Å². The molecule has 1 unspecified atom stereocenters. The number of esters is 3. The standard InChI is InChI=1S/C76H130O6/c1-4-7-10-13-16-19-22-25-28-31-33-35-36-37-38-39-40-41-43-45-48-51-54-57-60-63-66-69-75(78)81-72-73(71-80-74(77)68-65-62-59-56-53-50-47-44-30-27-24-21-18-15-12-9-6-3)82-76(79)70-67-64-61-58-55-52-49-46-42-34-32-29-26-23-20-17-14-11-8-5-2/h7,10,16,19,25,27-28,30,33,35,37-38,40-41,45,48,54,57,73H,4-6,8-9,11-15,17-18,20-24,26,29,31-32,34,36,39,42-44,46-47,49-53,55-56,58-72H2,1-3H3/b10-7-,19-16-,28-25-,30-27-,35-33-,38-37-,41-40-,48-45-,57-54-. The van der Waals surface area contributed by atoms with Gasteiger partial charge in [0.1, 0.15) is 13.2 Å².